The van der Waals surface area contributed by atoms with Gasteiger partial charge in [0.25, 0.3) is 0 Å². The average Bonchev–Trinajstić information content (AvgIpc) is 2.46. The topological polar surface area (TPSA) is 78.4 Å². The molecule has 0 unspecified atom stereocenters. The minimum Gasteiger partial charge on any atom is -0.496 e. The maximum Gasteiger partial charge on any atom is 0.427 e. The van der Waals surface area contributed by atoms with Crippen LogP contribution in [0.3, 0.4) is 0 Å². The van der Waals surface area contributed by atoms with Gasteiger partial charge in [-0.3, -0.25) is 0 Å². The van der Waals surface area contributed by atoms with E-state index in [1.165, 1.54) is 27.5 Å². The van der Waals surface area contributed by atoms with E-state index in [0.29, 0.717) is 22.8 Å². The number of nitrogens with zero attached hydrogens (tertiary/aromatic N) is 1. The van der Waals surface area contributed by atoms with Crippen molar-refractivity contribution in [2.24, 2.45) is 5.10 Å². The monoisotopic (exact) mass is 282 g/mol. The van der Waals surface area contributed by atoms with E-state index in [-0.39, 0.29) is 6.61 Å². The zero-order valence-electron chi connectivity index (χ0n) is 11.9. The molecule has 1 amide bonds. The van der Waals surface area contributed by atoms with E-state index in [0.717, 1.165) is 0 Å². The van der Waals surface area contributed by atoms with Gasteiger partial charge in [-0.25, -0.2) is 10.2 Å². The molecule has 110 valence electrons. The van der Waals surface area contributed by atoms with Gasteiger partial charge in [-0.15, -0.1) is 0 Å². The Labute approximate surface area is 117 Å². The zero-order chi connectivity index (χ0) is 15.0. The van der Waals surface area contributed by atoms with E-state index in [2.05, 4.69) is 15.3 Å². The molecule has 0 aliphatic rings. The van der Waals surface area contributed by atoms with Crippen LogP contribution in [0, 0.1) is 0 Å². The number of hydrazone groups is 1. The third-order valence-corrected chi connectivity index (χ3v) is 2.37. The molecule has 20 heavy (non-hydrogen) atoms. The largest absolute Gasteiger partial charge is 0.496 e. The van der Waals surface area contributed by atoms with Gasteiger partial charge < -0.3 is 18.9 Å². The molecule has 0 saturated carbocycles. The molecule has 1 aromatic carbocycles. The summed E-state index contributed by atoms with van der Waals surface area (Å²) in [7, 11) is 4.59. The van der Waals surface area contributed by atoms with Crippen LogP contribution in [0.25, 0.3) is 0 Å². The quantitative estimate of drug-likeness (QED) is 0.635. The minimum atomic E-state index is -0.622. The van der Waals surface area contributed by atoms with Crippen LogP contribution < -0.4 is 19.6 Å². The lowest BCUT2D eigenvalue weighted by Gasteiger charge is -2.11. The van der Waals surface area contributed by atoms with Gasteiger partial charge in [0.2, 0.25) is 0 Å². The second-order valence-corrected chi connectivity index (χ2v) is 3.54. The van der Waals surface area contributed by atoms with E-state index in [4.69, 9.17) is 14.2 Å². The van der Waals surface area contributed by atoms with Crippen LogP contribution in [0.1, 0.15) is 12.5 Å². The van der Waals surface area contributed by atoms with Crippen molar-refractivity contribution < 1.29 is 23.7 Å². The van der Waals surface area contributed by atoms with Crippen LogP contribution in [0.4, 0.5) is 4.79 Å². The lowest BCUT2D eigenvalue weighted by atomic mass is 10.2. The van der Waals surface area contributed by atoms with Crippen LogP contribution in [0.15, 0.2) is 17.2 Å². The molecule has 0 fully saturated rings. The molecule has 0 aromatic heterocycles. The third-order valence-electron chi connectivity index (χ3n) is 2.37. The Morgan fingerprint density at radius 2 is 1.75 bits per heavy atom. The first-order valence-corrected chi connectivity index (χ1v) is 5.92. The van der Waals surface area contributed by atoms with Gasteiger partial charge in [-0.2, -0.15) is 5.10 Å². The molecular formula is C13H18N2O5. The summed E-state index contributed by atoms with van der Waals surface area (Å²) in [4.78, 5) is 11.1. The SMILES string of the molecule is CCOC(=O)N/N=C\c1cc(OC)c(OC)cc1OC. The van der Waals surface area contributed by atoms with Crippen LogP contribution in [0.2, 0.25) is 0 Å². The fourth-order valence-corrected chi connectivity index (χ4v) is 1.47. The summed E-state index contributed by atoms with van der Waals surface area (Å²) in [5.74, 6) is 1.61. The van der Waals surface area contributed by atoms with E-state index >= 15 is 0 Å². The number of hydrogen-bond donors (Lipinski definition) is 1. The number of rotatable bonds is 6. The first-order valence-electron chi connectivity index (χ1n) is 5.92. The first-order chi connectivity index (χ1) is 9.65. The molecule has 0 aliphatic heterocycles. The van der Waals surface area contributed by atoms with Crippen molar-refractivity contribution in [3.8, 4) is 17.2 Å². The highest BCUT2D eigenvalue weighted by molar-refractivity contribution is 5.85. The maximum absolute atomic E-state index is 11.1. The first kappa shape index (κ1) is 15.6. The molecule has 0 atom stereocenters. The van der Waals surface area contributed by atoms with E-state index < -0.39 is 6.09 Å². The number of methoxy groups -OCH3 is 3. The van der Waals surface area contributed by atoms with Crippen molar-refractivity contribution in [2.45, 2.75) is 6.92 Å². The van der Waals surface area contributed by atoms with Crippen LogP contribution in [0.5, 0.6) is 17.2 Å². The predicted octanol–water partition coefficient (Wildman–Crippen LogP) is 1.79. The molecule has 0 aliphatic carbocycles. The summed E-state index contributed by atoms with van der Waals surface area (Å²) in [6.07, 6.45) is 0.806. The van der Waals surface area contributed by atoms with Gasteiger partial charge in [-0.05, 0) is 13.0 Å². The van der Waals surface area contributed by atoms with Crippen LogP contribution >= 0.6 is 0 Å². The predicted molar refractivity (Wildman–Crippen MR) is 73.8 cm³/mol. The van der Waals surface area contributed by atoms with Gasteiger partial charge in [-0.1, -0.05) is 0 Å². The number of hydrogen-bond acceptors (Lipinski definition) is 6. The van der Waals surface area contributed by atoms with Crippen molar-refractivity contribution in [1.82, 2.24) is 5.43 Å². The third kappa shape index (κ3) is 4.04. The molecule has 7 nitrogen and oxygen atoms in total. The van der Waals surface area contributed by atoms with Crippen molar-refractivity contribution in [1.29, 1.82) is 0 Å². The molecule has 1 N–H and O–H groups in total. The summed E-state index contributed by atoms with van der Waals surface area (Å²) in [6.45, 7) is 1.99. The molecule has 0 radical (unpaired) electrons. The Morgan fingerprint density at radius 3 is 2.30 bits per heavy atom. The highest BCUT2D eigenvalue weighted by Crippen LogP contribution is 2.33. The fourth-order valence-electron chi connectivity index (χ4n) is 1.47. The van der Waals surface area contributed by atoms with Gasteiger partial charge in [0, 0.05) is 11.6 Å². The van der Waals surface area contributed by atoms with E-state index in [1.54, 1.807) is 19.1 Å². The molecule has 0 spiro atoms. The number of ether oxygens (including phenoxy) is 4. The molecular weight excluding hydrogens is 264 g/mol. The second-order valence-electron chi connectivity index (χ2n) is 3.54. The summed E-state index contributed by atoms with van der Waals surface area (Å²) in [6, 6.07) is 3.36. The van der Waals surface area contributed by atoms with Crippen LogP contribution in [-0.2, 0) is 4.74 Å². The smallest absolute Gasteiger partial charge is 0.427 e. The Morgan fingerprint density at radius 1 is 1.15 bits per heavy atom. The van der Waals surface area contributed by atoms with Crippen molar-refractivity contribution >= 4 is 12.3 Å². The van der Waals surface area contributed by atoms with Gasteiger partial charge in [0.15, 0.2) is 11.5 Å². The van der Waals surface area contributed by atoms with E-state index in [9.17, 15) is 4.79 Å². The summed E-state index contributed by atoms with van der Waals surface area (Å²) in [5, 5.41) is 3.77. The molecule has 1 aromatic rings. The van der Waals surface area contributed by atoms with Crippen molar-refractivity contribution in [3.05, 3.63) is 17.7 Å². The highest BCUT2D eigenvalue weighted by atomic mass is 16.5. The van der Waals surface area contributed by atoms with Crippen molar-refractivity contribution in [2.75, 3.05) is 27.9 Å². The van der Waals surface area contributed by atoms with Crippen LogP contribution in [-0.4, -0.2) is 40.2 Å². The fraction of sp³-hybridized carbons (Fsp3) is 0.385. The standard InChI is InChI=1S/C13H18N2O5/c1-5-20-13(16)15-14-8-9-6-11(18-3)12(19-4)7-10(9)17-2/h6-8H,5H2,1-4H3,(H,15,16)/b14-8-. The number of benzene rings is 1. The van der Waals surface area contributed by atoms with Gasteiger partial charge in [0.1, 0.15) is 5.75 Å². The number of amides is 1. The second kappa shape index (κ2) is 7.88. The maximum atomic E-state index is 11.1. The minimum absolute atomic E-state index is 0.279. The average molecular weight is 282 g/mol. The number of carbonyl (C=O) groups excluding carboxylic acids is 1. The Balaban J connectivity index is 2.93. The number of nitrogens with one attached hydrogen (secondary N) is 1. The lowest BCUT2D eigenvalue weighted by molar-refractivity contribution is 0.152. The Bertz CT molecular complexity index is 488. The Kier molecular flexibility index (Phi) is 6.15. The Hall–Kier alpha value is -2.44. The van der Waals surface area contributed by atoms with E-state index in [1.807, 2.05) is 0 Å². The molecule has 7 heteroatoms. The number of carbonyl (C=O) groups is 1. The van der Waals surface area contributed by atoms with Crippen molar-refractivity contribution in [3.63, 3.8) is 0 Å². The summed E-state index contributed by atoms with van der Waals surface area (Å²) < 4.78 is 20.3. The molecule has 0 bridgehead atoms. The molecule has 0 saturated heterocycles. The summed E-state index contributed by atoms with van der Waals surface area (Å²) in [5.41, 5.74) is 2.86. The van der Waals surface area contributed by atoms with Gasteiger partial charge >= 0.3 is 6.09 Å². The lowest BCUT2D eigenvalue weighted by Crippen LogP contribution is -2.18. The zero-order valence-corrected chi connectivity index (χ0v) is 11.9. The van der Waals surface area contributed by atoms with Gasteiger partial charge in [0.05, 0.1) is 34.2 Å². The highest BCUT2D eigenvalue weighted by Gasteiger charge is 2.10. The molecule has 1 rings (SSSR count). The normalized spacial score (nSPS) is 10.2. The summed E-state index contributed by atoms with van der Waals surface area (Å²) >= 11 is 0. The molecule has 0 heterocycles.